The number of nitrogens with zero attached hydrogens (tertiary/aromatic N) is 2. The molecule has 0 fully saturated rings. The SMILES string of the molecule is O=C(O)CCNC(=O)c1ccc(CN(/C(=N\CC(F)(F)F)Nc2cc(Cl)cc(Cl)c2)c2ccc(C3=CCCCC3)cc2)cc1. The molecule has 0 bridgehead atoms. The van der Waals surface area contributed by atoms with Crippen LogP contribution < -0.4 is 15.5 Å². The smallest absolute Gasteiger partial charge is 0.408 e. The summed E-state index contributed by atoms with van der Waals surface area (Å²) >= 11 is 12.3. The number of allylic oxidation sites excluding steroid dienone is 2. The van der Waals surface area contributed by atoms with Crippen molar-refractivity contribution in [2.75, 3.05) is 23.3 Å². The molecular weight excluding hydrogens is 616 g/mol. The van der Waals surface area contributed by atoms with Gasteiger partial charge in [-0.2, -0.15) is 13.2 Å². The Kier molecular flexibility index (Phi) is 11.3. The molecule has 0 heterocycles. The fourth-order valence-corrected chi connectivity index (χ4v) is 5.21. The van der Waals surface area contributed by atoms with Gasteiger partial charge in [-0.15, -0.1) is 0 Å². The lowest BCUT2D eigenvalue weighted by Crippen LogP contribution is -2.37. The van der Waals surface area contributed by atoms with Gasteiger partial charge in [-0.1, -0.05) is 53.5 Å². The number of alkyl halides is 3. The Morgan fingerprint density at radius 3 is 2.23 bits per heavy atom. The zero-order chi connectivity index (χ0) is 31.7. The molecular formula is C32H31Cl2F3N4O3. The van der Waals surface area contributed by atoms with Gasteiger partial charge in [0.2, 0.25) is 5.96 Å². The van der Waals surface area contributed by atoms with Gasteiger partial charge in [0.15, 0.2) is 0 Å². The second kappa shape index (κ2) is 15.1. The third kappa shape index (κ3) is 10.0. The third-order valence-corrected chi connectivity index (χ3v) is 7.24. The van der Waals surface area contributed by atoms with Crippen LogP contribution in [-0.2, 0) is 11.3 Å². The molecule has 1 aliphatic carbocycles. The van der Waals surface area contributed by atoms with E-state index in [1.807, 2.05) is 24.3 Å². The second-order valence-corrected chi connectivity index (χ2v) is 11.1. The van der Waals surface area contributed by atoms with Crippen LogP contribution in [0.4, 0.5) is 24.5 Å². The van der Waals surface area contributed by atoms with Crippen LogP contribution in [0, 0.1) is 0 Å². The highest BCUT2D eigenvalue weighted by molar-refractivity contribution is 6.35. The molecule has 12 heteroatoms. The van der Waals surface area contributed by atoms with E-state index in [1.165, 1.54) is 23.8 Å². The zero-order valence-electron chi connectivity index (χ0n) is 23.6. The van der Waals surface area contributed by atoms with Crippen LogP contribution in [0.5, 0.6) is 0 Å². The molecule has 0 spiro atoms. The molecule has 0 unspecified atom stereocenters. The number of aliphatic carboxylic acids is 1. The maximum atomic E-state index is 13.4. The topological polar surface area (TPSA) is 94.0 Å². The molecule has 0 aromatic heterocycles. The second-order valence-electron chi connectivity index (χ2n) is 10.2. The molecule has 1 amide bonds. The number of amides is 1. The first-order valence-corrected chi connectivity index (χ1v) is 14.7. The maximum absolute atomic E-state index is 13.4. The van der Waals surface area contributed by atoms with Crippen LogP contribution in [0.1, 0.15) is 53.6 Å². The fourth-order valence-electron chi connectivity index (χ4n) is 4.69. The van der Waals surface area contributed by atoms with Crippen molar-refractivity contribution in [2.45, 2.75) is 44.8 Å². The molecule has 3 aromatic carbocycles. The monoisotopic (exact) mass is 646 g/mol. The molecule has 4 rings (SSSR count). The number of anilines is 2. The van der Waals surface area contributed by atoms with E-state index in [0.29, 0.717) is 32.5 Å². The van der Waals surface area contributed by atoms with Crippen LogP contribution in [0.2, 0.25) is 10.0 Å². The number of benzene rings is 3. The lowest BCUT2D eigenvalue weighted by molar-refractivity contribution is -0.136. The molecule has 0 aliphatic heterocycles. The molecule has 232 valence electrons. The normalized spacial score (nSPS) is 13.7. The Labute approximate surface area is 263 Å². The number of hydrogen-bond donors (Lipinski definition) is 3. The summed E-state index contributed by atoms with van der Waals surface area (Å²) in [6, 6.07) is 18.6. The number of carboxylic acids is 1. The number of carbonyl (C=O) groups is 2. The van der Waals surface area contributed by atoms with Gasteiger partial charge >= 0.3 is 12.1 Å². The first kappa shape index (κ1) is 32.9. The first-order chi connectivity index (χ1) is 21.0. The number of aliphatic imine (C=N–C) groups is 1. The molecule has 1 aliphatic rings. The van der Waals surface area contributed by atoms with Crippen molar-refractivity contribution in [1.82, 2.24) is 5.32 Å². The minimum atomic E-state index is -4.56. The number of hydrogen-bond acceptors (Lipinski definition) is 3. The summed E-state index contributed by atoms with van der Waals surface area (Å²) in [5.74, 6) is -1.55. The van der Waals surface area contributed by atoms with Crippen LogP contribution in [0.15, 0.2) is 77.8 Å². The molecule has 3 N–H and O–H groups in total. The maximum Gasteiger partial charge on any atom is 0.408 e. The van der Waals surface area contributed by atoms with Gasteiger partial charge in [0.25, 0.3) is 5.91 Å². The molecule has 0 atom stereocenters. The fraction of sp³-hybridized carbons (Fsp3) is 0.281. The van der Waals surface area contributed by atoms with E-state index in [4.69, 9.17) is 28.3 Å². The van der Waals surface area contributed by atoms with Crippen molar-refractivity contribution in [3.05, 3.63) is 99.5 Å². The number of rotatable bonds is 10. The van der Waals surface area contributed by atoms with Crippen LogP contribution in [0.3, 0.4) is 0 Å². The van der Waals surface area contributed by atoms with Gasteiger partial charge in [-0.3, -0.25) is 9.59 Å². The van der Waals surface area contributed by atoms with Crippen LogP contribution >= 0.6 is 23.2 Å². The van der Waals surface area contributed by atoms with Gasteiger partial charge in [-0.05, 0) is 84.8 Å². The van der Waals surface area contributed by atoms with Gasteiger partial charge in [-0.25, -0.2) is 4.99 Å². The van der Waals surface area contributed by atoms with E-state index in [2.05, 4.69) is 21.7 Å². The summed E-state index contributed by atoms with van der Waals surface area (Å²) in [5.41, 5.74) is 4.22. The summed E-state index contributed by atoms with van der Waals surface area (Å²) in [7, 11) is 0. The number of nitrogens with one attached hydrogen (secondary N) is 2. The Balaban J connectivity index is 1.68. The Bertz CT molecular complexity index is 1500. The average molecular weight is 648 g/mol. The summed E-state index contributed by atoms with van der Waals surface area (Å²) in [6.45, 7) is -1.35. The van der Waals surface area contributed by atoms with Gasteiger partial charge in [0, 0.05) is 33.5 Å². The third-order valence-electron chi connectivity index (χ3n) is 6.80. The molecule has 7 nitrogen and oxygen atoms in total. The van der Waals surface area contributed by atoms with Gasteiger partial charge in [0.05, 0.1) is 13.0 Å². The standard InChI is InChI=1S/C32H31Cl2F3N4O3/c33-25-16-26(34)18-27(17-25)40-31(39-20-32(35,36)37)41(28-12-10-23(11-13-28)22-4-2-1-3-5-22)19-21-6-8-24(9-7-21)30(44)38-15-14-29(42)43/h4,6-13,16-18H,1-3,5,14-15,19-20H2,(H,38,44)(H,39,40)(H,42,43). The zero-order valence-corrected chi connectivity index (χ0v) is 25.1. The van der Waals surface area contributed by atoms with E-state index in [9.17, 15) is 22.8 Å². The summed E-state index contributed by atoms with van der Waals surface area (Å²) < 4.78 is 40.2. The average Bonchev–Trinajstić information content (AvgIpc) is 2.98. The van der Waals surface area contributed by atoms with E-state index >= 15 is 0 Å². The molecule has 0 saturated carbocycles. The number of halogens is 5. The van der Waals surface area contributed by atoms with Crippen LogP contribution in [0.25, 0.3) is 5.57 Å². The van der Waals surface area contributed by atoms with Crippen molar-refractivity contribution in [1.29, 1.82) is 0 Å². The summed E-state index contributed by atoms with van der Waals surface area (Å²) in [5, 5.41) is 14.9. The van der Waals surface area contributed by atoms with E-state index in [1.54, 1.807) is 29.2 Å². The highest BCUT2D eigenvalue weighted by atomic mass is 35.5. The highest BCUT2D eigenvalue weighted by Crippen LogP contribution is 2.30. The minimum absolute atomic E-state index is 0.0190. The lowest BCUT2D eigenvalue weighted by atomic mass is 9.93. The summed E-state index contributed by atoms with van der Waals surface area (Å²) in [4.78, 5) is 28.7. The number of carbonyl (C=O) groups excluding carboxylic acids is 1. The number of guanidine groups is 1. The van der Waals surface area contributed by atoms with Crippen molar-refractivity contribution in [3.8, 4) is 0 Å². The lowest BCUT2D eigenvalue weighted by Gasteiger charge is -2.28. The first-order valence-electron chi connectivity index (χ1n) is 14.0. The minimum Gasteiger partial charge on any atom is -0.481 e. The molecule has 3 aromatic rings. The molecule has 44 heavy (non-hydrogen) atoms. The Morgan fingerprint density at radius 1 is 0.955 bits per heavy atom. The van der Waals surface area contributed by atoms with Gasteiger partial charge < -0.3 is 20.6 Å². The Morgan fingerprint density at radius 2 is 1.64 bits per heavy atom. The van der Waals surface area contributed by atoms with Gasteiger partial charge in [0.1, 0.15) is 6.54 Å². The van der Waals surface area contributed by atoms with Crippen molar-refractivity contribution >= 4 is 58.0 Å². The largest absolute Gasteiger partial charge is 0.481 e. The van der Waals surface area contributed by atoms with E-state index in [0.717, 1.165) is 31.2 Å². The quantitative estimate of drug-likeness (QED) is 0.152. The van der Waals surface area contributed by atoms with Crippen molar-refractivity contribution < 1.29 is 27.9 Å². The van der Waals surface area contributed by atoms with E-state index < -0.39 is 24.6 Å². The van der Waals surface area contributed by atoms with E-state index in [-0.39, 0.29) is 25.5 Å². The summed E-state index contributed by atoms with van der Waals surface area (Å²) in [6.07, 6.45) is 1.68. The molecule has 0 radical (unpaired) electrons. The highest BCUT2D eigenvalue weighted by Gasteiger charge is 2.28. The predicted octanol–water partition coefficient (Wildman–Crippen LogP) is 8.19. The molecule has 0 saturated heterocycles. The van der Waals surface area contributed by atoms with Crippen LogP contribution in [-0.4, -0.2) is 42.2 Å². The number of carboxylic acid groups (broad SMARTS) is 1. The van der Waals surface area contributed by atoms with Crippen molar-refractivity contribution in [2.24, 2.45) is 4.99 Å². The van der Waals surface area contributed by atoms with Crippen molar-refractivity contribution in [3.63, 3.8) is 0 Å². The Hall–Kier alpha value is -4.02. The predicted molar refractivity (Wildman–Crippen MR) is 169 cm³/mol.